The summed E-state index contributed by atoms with van der Waals surface area (Å²) in [6, 6.07) is 3.74. The Morgan fingerprint density at radius 3 is 1.96 bits per heavy atom. The molecule has 1 aromatic rings. The van der Waals surface area contributed by atoms with E-state index in [2.05, 4.69) is 0 Å². The van der Waals surface area contributed by atoms with E-state index in [1.165, 1.54) is 24.3 Å². The maximum atomic E-state index is 12.5. The Labute approximate surface area is 137 Å². The van der Waals surface area contributed by atoms with Gasteiger partial charge in [-0.15, -0.1) is 0 Å². The van der Waals surface area contributed by atoms with E-state index in [0.717, 1.165) is 9.80 Å². The topological polar surface area (TPSA) is 135 Å². The van der Waals surface area contributed by atoms with E-state index in [0.29, 0.717) is 0 Å². The third-order valence-electron chi connectivity index (χ3n) is 3.95. The molecule has 4 amide bonds. The van der Waals surface area contributed by atoms with Gasteiger partial charge in [0.2, 0.25) is 27.7 Å². The number of hydrogen-bond donors (Lipinski definition) is 1. The minimum atomic E-state index is -3.89. The predicted molar refractivity (Wildman–Crippen MR) is 79.8 cm³/mol. The van der Waals surface area contributed by atoms with Crippen LogP contribution in [-0.4, -0.2) is 43.0 Å². The van der Waals surface area contributed by atoms with Crippen molar-refractivity contribution in [3.63, 3.8) is 0 Å². The molecule has 0 saturated carbocycles. The van der Waals surface area contributed by atoms with Gasteiger partial charge in [0.05, 0.1) is 17.0 Å². The van der Waals surface area contributed by atoms with Crippen LogP contribution >= 0.6 is 0 Å². The number of hydrogen-bond acceptors (Lipinski definition) is 6. The van der Waals surface area contributed by atoms with Gasteiger partial charge in [-0.1, -0.05) is 0 Å². The number of carbonyl (C=O) groups excluding carboxylic acids is 4. The number of anilines is 1. The average Bonchev–Trinajstić information content (AvgIpc) is 2.97. The molecule has 2 aliphatic heterocycles. The minimum absolute atomic E-state index is 0.0276. The van der Waals surface area contributed by atoms with Gasteiger partial charge in [0.25, 0.3) is 5.91 Å². The Kier molecular flexibility index (Phi) is 3.73. The van der Waals surface area contributed by atoms with E-state index < -0.39 is 39.7 Å². The number of nitrogens with zero attached hydrogens (tertiary/aromatic N) is 2. The van der Waals surface area contributed by atoms with E-state index >= 15 is 0 Å². The SMILES string of the molecule is NS(=O)(=O)c1ccc(N2C(=O)CC(N3C(=O)CCC3=O)C2=O)cc1. The molecule has 126 valence electrons. The van der Waals surface area contributed by atoms with Crippen molar-refractivity contribution >= 4 is 39.3 Å². The molecule has 1 aromatic carbocycles. The number of nitrogens with two attached hydrogens (primary N) is 1. The first-order chi connectivity index (χ1) is 11.2. The first kappa shape index (κ1) is 16.3. The summed E-state index contributed by atoms with van der Waals surface area (Å²) in [6.45, 7) is 0. The van der Waals surface area contributed by atoms with Crippen LogP contribution in [0.25, 0.3) is 0 Å². The molecule has 0 spiro atoms. The fraction of sp³-hybridized carbons (Fsp3) is 0.286. The first-order valence-corrected chi connectivity index (χ1v) is 8.59. The van der Waals surface area contributed by atoms with Crippen molar-refractivity contribution in [1.82, 2.24) is 4.90 Å². The van der Waals surface area contributed by atoms with Crippen LogP contribution < -0.4 is 10.0 Å². The van der Waals surface area contributed by atoms with Gasteiger partial charge in [0.15, 0.2) is 0 Å². The molecule has 2 N–H and O–H groups in total. The number of amides is 4. The van der Waals surface area contributed by atoms with Crippen LogP contribution in [0, 0.1) is 0 Å². The lowest BCUT2D eigenvalue weighted by Gasteiger charge is -2.20. The fourth-order valence-corrected chi connectivity index (χ4v) is 3.33. The van der Waals surface area contributed by atoms with Gasteiger partial charge in [-0.25, -0.2) is 18.5 Å². The van der Waals surface area contributed by atoms with Gasteiger partial charge < -0.3 is 0 Å². The fourth-order valence-electron chi connectivity index (χ4n) is 2.82. The molecule has 1 unspecified atom stereocenters. The van der Waals surface area contributed by atoms with Crippen LogP contribution in [-0.2, 0) is 29.2 Å². The smallest absolute Gasteiger partial charge is 0.257 e. The maximum Gasteiger partial charge on any atom is 0.257 e. The molecule has 2 saturated heterocycles. The van der Waals surface area contributed by atoms with E-state index in [-0.39, 0.29) is 29.8 Å². The average molecular weight is 351 g/mol. The van der Waals surface area contributed by atoms with E-state index in [1.807, 2.05) is 0 Å². The summed E-state index contributed by atoms with van der Waals surface area (Å²) in [7, 11) is -3.89. The molecule has 2 aliphatic rings. The molecule has 0 bridgehead atoms. The van der Waals surface area contributed by atoms with Crippen LogP contribution in [0.2, 0.25) is 0 Å². The highest BCUT2D eigenvalue weighted by Crippen LogP contribution is 2.29. The zero-order chi connectivity index (χ0) is 17.6. The molecular formula is C14H13N3O6S. The van der Waals surface area contributed by atoms with Crippen LogP contribution in [0.5, 0.6) is 0 Å². The Hall–Kier alpha value is -2.59. The van der Waals surface area contributed by atoms with Crippen LogP contribution in [0.1, 0.15) is 19.3 Å². The summed E-state index contributed by atoms with van der Waals surface area (Å²) in [6.07, 6.45) is -0.229. The van der Waals surface area contributed by atoms with Crippen molar-refractivity contribution in [2.24, 2.45) is 5.14 Å². The summed E-state index contributed by atoms with van der Waals surface area (Å²) in [4.78, 5) is 49.7. The maximum absolute atomic E-state index is 12.5. The van der Waals surface area contributed by atoms with Crippen molar-refractivity contribution in [3.05, 3.63) is 24.3 Å². The number of imide groups is 2. The lowest BCUT2D eigenvalue weighted by atomic mass is 10.2. The second kappa shape index (κ2) is 5.49. The van der Waals surface area contributed by atoms with Gasteiger partial charge in [-0.3, -0.25) is 24.1 Å². The molecule has 3 rings (SSSR count). The lowest BCUT2D eigenvalue weighted by Crippen LogP contribution is -2.44. The molecule has 0 aliphatic carbocycles. The minimum Gasteiger partial charge on any atom is -0.274 e. The standard InChI is InChI=1S/C14H13N3O6S/c15-24(22,23)9-3-1-8(2-4-9)16-13(20)7-10(14(16)21)17-11(18)5-6-12(17)19/h1-4,10H,5-7H2,(H2,15,22,23). The highest BCUT2D eigenvalue weighted by molar-refractivity contribution is 7.89. The number of sulfonamides is 1. The highest BCUT2D eigenvalue weighted by Gasteiger charge is 2.48. The van der Waals surface area contributed by atoms with Crippen LogP contribution in [0.4, 0.5) is 5.69 Å². The Morgan fingerprint density at radius 2 is 1.46 bits per heavy atom. The summed E-state index contributed by atoms with van der Waals surface area (Å²) in [5.41, 5.74) is 0.152. The Bertz CT molecular complexity index is 845. The van der Waals surface area contributed by atoms with Crippen LogP contribution in [0.3, 0.4) is 0 Å². The molecule has 2 fully saturated rings. The second-order valence-corrected chi connectivity index (χ2v) is 7.05. The molecular weight excluding hydrogens is 338 g/mol. The second-order valence-electron chi connectivity index (χ2n) is 5.48. The molecule has 10 heteroatoms. The van der Waals surface area contributed by atoms with Gasteiger partial charge in [-0.05, 0) is 24.3 Å². The monoisotopic (exact) mass is 351 g/mol. The number of likely N-dealkylation sites (tertiary alicyclic amines) is 1. The van der Waals surface area contributed by atoms with Crippen molar-refractivity contribution < 1.29 is 27.6 Å². The third-order valence-corrected chi connectivity index (χ3v) is 4.88. The molecule has 0 aromatic heterocycles. The van der Waals surface area contributed by atoms with Gasteiger partial charge in [0, 0.05) is 12.8 Å². The highest BCUT2D eigenvalue weighted by atomic mass is 32.2. The summed E-state index contributed by atoms with van der Waals surface area (Å²) < 4.78 is 22.5. The third kappa shape index (κ3) is 2.59. The number of rotatable bonds is 3. The predicted octanol–water partition coefficient (Wildman–Crippen LogP) is -0.885. The zero-order valence-corrected chi connectivity index (χ0v) is 13.2. The van der Waals surface area contributed by atoms with Gasteiger partial charge >= 0.3 is 0 Å². The quantitative estimate of drug-likeness (QED) is 0.702. The van der Waals surface area contributed by atoms with Gasteiger partial charge in [0.1, 0.15) is 6.04 Å². The summed E-state index contributed by atoms with van der Waals surface area (Å²) >= 11 is 0. The zero-order valence-electron chi connectivity index (χ0n) is 12.3. The number of primary sulfonamides is 1. The van der Waals surface area contributed by atoms with E-state index in [1.54, 1.807) is 0 Å². The largest absolute Gasteiger partial charge is 0.274 e. The van der Waals surface area contributed by atoms with Crippen molar-refractivity contribution in [2.45, 2.75) is 30.2 Å². The first-order valence-electron chi connectivity index (χ1n) is 7.04. The van der Waals surface area contributed by atoms with Crippen LogP contribution in [0.15, 0.2) is 29.2 Å². The summed E-state index contributed by atoms with van der Waals surface area (Å²) in [5.74, 6) is -2.21. The molecule has 2 heterocycles. The molecule has 1 atom stereocenters. The summed E-state index contributed by atoms with van der Waals surface area (Å²) in [5, 5.41) is 4.99. The van der Waals surface area contributed by atoms with Crippen molar-refractivity contribution in [3.8, 4) is 0 Å². The molecule has 9 nitrogen and oxygen atoms in total. The van der Waals surface area contributed by atoms with Crippen molar-refractivity contribution in [1.29, 1.82) is 0 Å². The van der Waals surface area contributed by atoms with Crippen molar-refractivity contribution in [2.75, 3.05) is 4.90 Å². The van der Waals surface area contributed by atoms with E-state index in [9.17, 15) is 27.6 Å². The number of benzene rings is 1. The normalized spacial score (nSPS) is 22.0. The molecule has 0 radical (unpaired) electrons. The van der Waals surface area contributed by atoms with Gasteiger partial charge in [-0.2, -0.15) is 0 Å². The Morgan fingerprint density at radius 1 is 0.917 bits per heavy atom. The lowest BCUT2D eigenvalue weighted by molar-refractivity contribution is -0.144. The number of carbonyl (C=O) groups is 4. The molecule has 24 heavy (non-hydrogen) atoms. The van der Waals surface area contributed by atoms with E-state index in [4.69, 9.17) is 5.14 Å². The Balaban J connectivity index is 1.90.